The van der Waals surface area contributed by atoms with Crippen LogP contribution in [-0.4, -0.2) is 18.2 Å². The maximum absolute atomic E-state index is 13.3. The van der Waals surface area contributed by atoms with Gasteiger partial charge in [0.05, 0.1) is 12.7 Å². The SMILES string of the molecule is COc1ccccc1-c1cc(F)ccc1C(=O)O. The topological polar surface area (TPSA) is 46.5 Å². The monoisotopic (exact) mass is 246 g/mol. The molecule has 92 valence electrons. The van der Waals surface area contributed by atoms with E-state index in [1.54, 1.807) is 24.3 Å². The number of hydrogen-bond acceptors (Lipinski definition) is 2. The van der Waals surface area contributed by atoms with Crippen LogP contribution < -0.4 is 4.74 Å². The first-order chi connectivity index (χ1) is 8.63. The Morgan fingerprint density at radius 2 is 1.89 bits per heavy atom. The van der Waals surface area contributed by atoms with Crippen molar-refractivity contribution >= 4 is 5.97 Å². The Morgan fingerprint density at radius 1 is 1.17 bits per heavy atom. The summed E-state index contributed by atoms with van der Waals surface area (Å²) in [6.07, 6.45) is 0. The minimum Gasteiger partial charge on any atom is -0.496 e. The van der Waals surface area contributed by atoms with Crippen LogP contribution in [-0.2, 0) is 0 Å². The van der Waals surface area contributed by atoms with E-state index in [4.69, 9.17) is 9.84 Å². The Morgan fingerprint density at radius 3 is 2.56 bits per heavy atom. The highest BCUT2D eigenvalue weighted by Gasteiger charge is 2.15. The zero-order chi connectivity index (χ0) is 13.1. The highest BCUT2D eigenvalue weighted by molar-refractivity contribution is 5.96. The lowest BCUT2D eigenvalue weighted by Gasteiger charge is -2.10. The van der Waals surface area contributed by atoms with E-state index in [0.29, 0.717) is 16.9 Å². The molecule has 0 aliphatic rings. The van der Waals surface area contributed by atoms with Crippen molar-refractivity contribution in [3.05, 3.63) is 53.8 Å². The average molecular weight is 246 g/mol. The minimum absolute atomic E-state index is 0.0425. The Kier molecular flexibility index (Phi) is 3.28. The molecule has 0 aliphatic heterocycles. The number of rotatable bonds is 3. The summed E-state index contributed by atoms with van der Waals surface area (Å²) in [5.74, 6) is -1.08. The molecule has 0 saturated carbocycles. The number of carbonyl (C=O) groups is 1. The van der Waals surface area contributed by atoms with Gasteiger partial charge in [-0.05, 0) is 24.3 Å². The smallest absolute Gasteiger partial charge is 0.336 e. The lowest BCUT2D eigenvalue weighted by Crippen LogP contribution is -2.01. The van der Waals surface area contributed by atoms with E-state index in [2.05, 4.69) is 0 Å². The van der Waals surface area contributed by atoms with Gasteiger partial charge in [-0.15, -0.1) is 0 Å². The van der Waals surface area contributed by atoms with Gasteiger partial charge in [0.15, 0.2) is 0 Å². The molecule has 0 bridgehead atoms. The molecule has 3 nitrogen and oxygen atoms in total. The molecule has 0 unspecified atom stereocenters. The maximum atomic E-state index is 13.3. The maximum Gasteiger partial charge on any atom is 0.336 e. The second-order valence-corrected chi connectivity index (χ2v) is 3.70. The van der Waals surface area contributed by atoms with Crippen molar-refractivity contribution in [3.63, 3.8) is 0 Å². The van der Waals surface area contributed by atoms with Crippen molar-refractivity contribution in [2.75, 3.05) is 7.11 Å². The highest BCUT2D eigenvalue weighted by Crippen LogP contribution is 2.32. The third-order valence-electron chi connectivity index (χ3n) is 2.61. The molecule has 2 aromatic carbocycles. The number of carboxylic acid groups (broad SMARTS) is 1. The molecule has 0 heterocycles. The third-order valence-corrected chi connectivity index (χ3v) is 2.61. The van der Waals surface area contributed by atoms with Gasteiger partial charge in [-0.2, -0.15) is 0 Å². The summed E-state index contributed by atoms with van der Waals surface area (Å²) < 4.78 is 18.5. The second-order valence-electron chi connectivity index (χ2n) is 3.70. The molecule has 0 aromatic heterocycles. The Labute approximate surface area is 103 Å². The molecule has 0 amide bonds. The van der Waals surface area contributed by atoms with Crippen LogP contribution >= 0.6 is 0 Å². The van der Waals surface area contributed by atoms with Crippen molar-refractivity contribution in [2.24, 2.45) is 0 Å². The third kappa shape index (κ3) is 2.18. The lowest BCUT2D eigenvalue weighted by molar-refractivity contribution is 0.0697. The average Bonchev–Trinajstić information content (AvgIpc) is 2.38. The molecule has 18 heavy (non-hydrogen) atoms. The molecule has 1 N–H and O–H groups in total. The van der Waals surface area contributed by atoms with E-state index < -0.39 is 11.8 Å². The van der Waals surface area contributed by atoms with Crippen LogP contribution in [0.1, 0.15) is 10.4 Å². The van der Waals surface area contributed by atoms with Crippen LogP contribution in [0.2, 0.25) is 0 Å². The first-order valence-electron chi connectivity index (χ1n) is 5.29. The predicted molar refractivity (Wildman–Crippen MR) is 65.3 cm³/mol. The van der Waals surface area contributed by atoms with Crippen LogP contribution in [0.3, 0.4) is 0 Å². The van der Waals surface area contributed by atoms with Crippen molar-refractivity contribution in [1.29, 1.82) is 0 Å². The highest BCUT2D eigenvalue weighted by atomic mass is 19.1. The molecule has 2 rings (SSSR count). The number of aromatic carboxylic acids is 1. The number of methoxy groups -OCH3 is 1. The molecule has 2 aromatic rings. The second kappa shape index (κ2) is 4.87. The Bertz CT molecular complexity index is 593. The number of para-hydroxylation sites is 1. The molecular formula is C14H11FO3. The minimum atomic E-state index is -1.10. The van der Waals surface area contributed by atoms with Gasteiger partial charge in [-0.1, -0.05) is 18.2 Å². The zero-order valence-electron chi connectivity index (χ0n) is 9.68. The van der Waals surface area contributed by atoms with E-state index in [1.165, 1.54) is 19.2 Å². The van der Waals surface area contributed by atoms with Gasteiger partial charge in [0.2, 0.25) is 0 Å². The van der Waals surface area contributed by atoms with Gasteiger partial charge in [-0.3, -0.25) is 0 Å². The van der Waals surface area contributed by atoms with E-state index >= 15 is 0 Å². The Hall–Kier alpha value is -2.36. The number of halogens is 1. The van der Waals surface area contributed by atoms with Gasteiger partial charge >= 0.3 is 5.97 Å². The number of hydrogen-bond donors (Lipinski definition) is 1. The van der Waals surface area contributed by atoms with Crippen molar-refractivity contribution in [3.8, 4) is 16.9 Å². The molecule has 0 atom stereocenters. The summed E-state index contributed by atoms with van der Waals surface area (Å²) in [6, 6.07) is 10.5. The van der Waals surface area contributed by atoms with Gasteiger partial charge in [0, 0.05) is 11.1 Å². The molecule has 0 aliphatic carbocycles. The van der Waals surface area contributed by atoms with Crippen LogP contribution in [0, 0.1) is 5.82 Å². The predicted octanol–water partition coefficient (Wildman–Crippen LogP) is 3.20. The summed E-state index contributed by atoms with van der Waals surface area (Å²) >= 11 is 0. The molecule has 0 saturated heterocycles. The van der Waals surface area contributed by atoms with Crippen LogP contribution in [0.4, 0.5) is 4.39 Å². The molecule has 4 heteroatoms. The Balaban J connectivity index is 2.69. The van der Waals surface area contributed by atoms with Crippen molar-refractivity contribution in [2.45, 2.75) is 0 Å². The molecular weight excluding hydrogens is 235 g/mol. The van der Waals surface area contributed by atoms with E-state index in [0.717, 1.165) is 6.07 Å². The van der Waals surface area contributed by atoms with E-state index in [-0.39, 0.29) is 5.56 Å². The van der Waals surface area contributed by atoms with Gasteiger partial charge < -0.3 is 9.84 Å². The summed E-state index contributed by atoms with van der Waals surface area (Å²) in [7, 11) is 1.48. The van der Waals surface area contributed by atoms with Crippen LogP contribution in [0.5, 0.6) is 5.75 Å². The summed E-state index contributed by atoms with van der Waals surface area (Å²) in [6.45, 7) is 0. The van der Waals surface area contributed by atoms with E-state index in [9.17, 15) is 9.18 Å². The fourth-order valence-electron chi connectivity index (χ4n) is 1.79. The number of benzene rings is 2. The first kappa shape index (κ1) is 12.1. The fraction of sp³-hybridized carbons (Fsp3) is 0.0714. The van der Waals surface area contributed by atoms with E-state index in [1.807, 2.05) is 0 Å². The molecule has 0 radical (unpaired) electrons. The fourth-order valence-corrected chi connectivity index (χ4v) is 1.79. The van der Waals surface area contributed by atoms with Crippen LogP contribution in [0.25, 0.3) is 11.1 Å². The van der Waals surface area contributed by atoms with Gasteiger partial charge in [0.25, 0.3) is 0 Å². The largest absolute Gasteiger partial charge is 0.496 e. The van der Waals surface area contributed by atoms with Crippen molar-refractivity contribution in [1.82, 2.24) is 0 Å². The molecule has 0 fully saturated rings. The van der Waals surface area contributed by atoms with Gasteiger partial charge in [0.1, 0.15) is 11.6 Å². The first-order valence-corrected chi connectivity index (χ1v) is 5.29. The summed E-state index contributed by atoms with van der Waals surface area (Å²) in [5, 5.41) is 9.12. The normalized spacial score (nSPS) is 10.1. The quantitative estimate of drug-likeness (QED) is 0.904. The molecule has 0 spiro atoms. The van der Waals surface area contributed by atoms with Crippen molar-refractivity contribution < 1.29 is 19.0 Å². The number of carboxylic acids is 1. The zero-order valence-corrected chi connectivity index (χ0v) is 9.68. The van der Waals surface area contributed by atoms with Crippen LogP contribution in [0.15, 0.2) is 42.5 Å². The lowest BCUT2D eigenvalue weighted by atomic mass is 9.98. The summed E-state index contributed by atoms with van der Waals surface area (Å²) in [4.78, 5) is 11.1. The standard InChI is InChI=1S/C14H11FO3/c1-18-13-5-3-2-4-10(13)12-8-9(15)6-7-11(12)14(16)17/h2-8H,1H3,(H,16,17). The number of ether oxygens (including phenoxy) is 1. The summed E-state index contributed by atoms with van der Waals surface area (Å²) in [5.41, 5.74) is 0.901. The van der Waals surface area contributed by atoms with Gasteiger partial charge in [-0.25, -0.2) is 9.18 Å².